The van der Waals surface area contributed by atoms with Crippen LogP contribution in [0.2, 0.25) is 0 Å². The Labute approximate surface area is 48.4 Å². The predicted octanol–water partition coefficient (Wildman–Crippen LogP) is -1.06. The molecule has 3 N–H and O–H groups in total. The molecule has 0 bridgehead atoms. The maximum atomic E-state index is 8.17. The number of rotatable bonds is 3. The fourth-order valence-corrected chi connectivity index (χ4v) is 0.292. The molecule has 3 nitrogen and oxygen atoms in total. The highest BCUT2D eigenvalue weighted by atomic mass is 16.4. The van der Waals surface area contributed by atoms with Crippen molar-refractivity contribution in [1.82, 2.24) is 0 Å². The van der Waals surface area contributed by atoms with Gasteiger partial charge in [-0.25, -0.2) is 0 Å². The van der Waals surface area contributed by atoms with Crippen LogP contribution in [-0.2, 0) is 0 Å². The van der Waals surface area contributed by atoms with Gasteiger partial charge in [0.2, 0.25) is 0 Å². The molecule has 0 aromatic heterocycles. The van der Waals surface area contributed by atoms with E-state index in [0.29, 0.717) is 6.42 Å². The van der Waals surface area contributed by atoms with Gasteiger partial charge in [0.1, 0.15) is 0 Å². The van der Waals surface area contributed by atoms with Gasteiger partial charge >= 0.3 is 7.12 Å². The standard InChI is InChI=1S/C4H9BO3/c6-4-2-1-3-5(7)8/h1,3,6-8H,2,4H2. The van der Waals surface area contributed by atoms with E-state index in [0.717, 1.165) is 0 Å². The Morgan fingerprint density at radius 1 is 1.38 bits per heavy atom. The van der Waals surface area contributed by atoms with Crippen molar-refractivity contribution < 1.29 is 15.2 Å². The van der Waals surface area contributed by atoms with Crippen LogP contribution in [0.25, 0.3) is 0 Å². The minimum absolute atomic E-state index is 0.0449. The fourth-order valence-electron chi connectivity index (χ4n) is 0.292. The van der Waals surface area contributed by atoms with Gasteiger partial charge in [0, 0.05) is 6.61 Å². The normalized spacial score (nSPS) is 10.4. The summed E-state index contributed by atoms with van der Waals surface area (Å²) in [5.41, 5.74) is 0. The smallest absolute Gasteiger partial charge is 0.424 e. The lowest BCUT2D eigenvalue weighted by Gasteiger charge is -1.84. The third kappa shape index (κ3) is 5.68. The van der Waals surface area contributed by atoms with E-state index >= 15 is 0 Å². The maximum Gasteiger partial charge on any atom is 0.480 e. The molecule has 0 saturated heterocycles. The first-order valence-corrected chi connectivity index (χ1v) is 2.41. The van der Waals surface area contributed by atoms with Gasteiger partial charge in [-0.1, -0.05) is 12.1 Å². The molecule has 0 aromatic carbocycles. The minimum atomic E-state index is -1.39. The topological polar surface area (TPSA) is 60.7 Å². The summed E-state index contributed by atoms with van der Waals surface area (Å²) in [7, 11) is -1.39. The van der Waals surface area contributed by atoms with E-state index in [1.807, 2.05) is 0 Å². The molecule has 0 amide bonds. The number of hydrogen-bond acceptors (Lipinski definition) is 3. The summed E-state index contributed by atoms with van der Waals surface area (Å²) in [6.07, 6.45) is 1.97. The van der Waals surface area contributed by atoms with Crippen molar-refractivity contribution in [3.8, 4) is 0 Å². The van der Waals surface area contributed by atoms with Crippen LogP contribution < -0.4 is 0 Å². The highest BCUT2D eigenvalue weighted by Crippen LogP contribution is 1.79. The first-order chi connectivity index (χ1) is 3.77. The molecule has 0 radical (unpaired) electrons. The number of aliphatic hydroxyl groups is 1. The molecule has 4 heteroatoms. The second-order valence-electron chi connectivity index (χ2n) is 1.35. The summed E-state index contributed by atoms with van der Waals surface area (Å²) in [6, 6.07) is 0. The van der Waals surface area contributed by atoms with Gasteiger partial charge in [-0.3, -0.25) is 0 Å². The number of hydrogen-bond donors (Lipinski definition) is 3. The van der Waals surface area contributed by atoms with Crippen LogP contribution in [0.3, 0.4) is 0 Å². The van der Waals surface area contributed by atoms with Crippen LogP contribution in [0.15, 0.2) is 12.1 Å². The van der Waals surface area contributed by atoms with Crippen molar-refractivity contribution in [1.29, 1.82) is 0 Å². The fraction of sp³-hybridized carbons (Fsp3) is 0.500. The van der Waals surface area contributed by atoms with Crippen LogP contribution in [0.5, 0.6) is 0 Å². The Morgan fingerprint density at radius 3 is 2.38 bits per heavy atom. The molecule has 0 saturated carbocycles. The Hall–Kier alpha value is -0.315. The molecule has 0 aromatic rings. The highest BCUT2D eigenvalue weighted by molar-refractivity contribution is 6.47. The van der Waals surface area contributed by atoms with Crippen LogP contribution in [0.1, 0.15) is 6.42 Å². The van der Waals surface area contributed by atoms with E-state index in [-0.39, 0.29) is 6.61 Å². The quantitative estimate of drug-likeness (QED) is 0.411. The highest BCUT2D eigenvalue weighted by Gasteiger charge is 1.95. The molecule has 0 fully saturated rings. The van der Waals surface area contributed by atoms with E-state index in [4.69, 9.17) is 15.2 Å². The SMILES string of the molecule is OCCC=CB(O)O. The van der Waals surface area contributed by atoms with Crippen LogP contribution in [0.4, 0.5) is 0 Å². The summed E-state index contributed by atoms with van der Waals surface area (Å²) < 4.78 is 0. The molecule has 0 atom stereocenters. The lowest BCUT2D eigenvalue weighted by molar-refractivity contribution is 0.302. The number of aliphatic hydroxyl groups excluding tert-OH is 1. The van der Waals surface area contributed by atoms with E-state index in [1.165, 1.54) is 12.1 Å². The van der Waals surface area contributed by atoms with Gasteiger partial charge in [-0.2, -0.15) is 0 Å². The molecular formula is C4H9BO3. The molecule has 46 valence electrons. The summed E-state index contributed by atoms with van der Waals surface area (Å²) >= 11 is 0. The van der Waals surface area contributed by atoms with Gasteiger partial charge in [-0.05, 0) is 6.42 Å². The lowest BCUT2D eigenvalue weighted by Crippen LogP contribution is -2.05. The summed E-state index contributed by atoms with van der Waals surface area (Å²) in [5, 5.41) is 24.5. The summed E-state index contributed by atoms with van der Waals surface area (Å²) in [6.45, 7) is 0.0449. The zero-order chi connectivity index (χ0) is 6.41. The van der Waals surface area contributed by atoms with Gasteiger partial charge in [0.25, 0.3) is 0 Å². The van der Waals surface area contributed by atoms with E-state index in [2.05, 4.69) is 0 Å². The van der Waals surface area contributed by atoms with Gasteiger partial charge < -0.3 is 15.2 Å². The average Bonchev–Trinajstić information content (AvgIpc) is 1.66. The molecule has 0 spiro atoms. The predicted molar refractivity (Wildman–Crippen MR) is 31.0 cm³/mol. The second kappa shape index (κ2) is 4.83. The van der Waals surface area contributed by atoms with Crippen molar-refractivity contribution >= 4 is 7.12 Å². The van der Waals surface area contributed by atoms with E-state index in [1.54, 1.807) is 0 Å². The van der Waals surface area contributed by atoms with Gasteiger partial charge in [-0.15, -0.1) is 0 Å². The van der Waals surface area contributed by atoms with Gasteiger partial charge in [0.05, 0.1) is 0 Å². The largest absolute Gasteiger partial charge is 0.480 e. The monoisotopic (exact) mass is 116 g/mol. The average molecular weight is 116 g/mol. The Kier molecular flexibility index (Phi) is 4.64. The second-order valence-corrected chi connectivity index (χ2v) is 1.35. The Bertz CT molecular complexity index is 71.7. The summed E-state index contributed by atoms with van der Waals surface area (Å²) in [5.74, 6) is 1.20. The zero-order valence-corrected chi connectivity index (χ0v) is 4.49. The maximum absolute atomic E-state index is 8.17. The van der Waals surface area contributed by atoms with Crippen LogP contribution in [0, 0.1) is 0 Å². The molecular weight excluding hydrogens is 107 g/mol. The lowest BCUT2D eigenvalue weighted by atomic mass is 9.91. The summed E-state index contributed by atoms with van der Waals surface area (Å²) in [4.78, 5) is 0. The third-order valence-corrected chi connectivity index (χ3v) is 0.604. The van der Waals surface area contributed by atoms with Crippen molar-refractivity contribution in [3.63, 3.8) is 0 Å². The zero-order valence-electron chi connectivity index (χ0n) is 4.49. The third-order valence-electron chi connectivity index (χ3n) is 0.604. The molecule has 0 aliphatic carbocycles. The molecule has 0 rings (SSSR count). The van der Waals surface area contributed by atoms with Crippen molar-refractivity contribution in [2.24, 2.45) is 0 Å². The van der Waals surface area contributed by atoms with Crippen molar-refractivity contribution in [3.05, 3.63) is 12.1 Å². The first kappa shape index (κ1) is 7.68. The van der Waals surface area contributed by atoms with Gasteiger partial charge in [0.15, 0.2) is 0 Å². The van der Waals surface area contributed by atoms with Crippen molar-refractivity contribution in [2.75, 3.05) is 6.61 Å². The first-order valence-electron chi connectivity index (χ1n) is 2.41. The molecule has 0 aliphatic heterocycles. The molecule has 0 heterocycles. The molecule has 8 heavy (non-hydrogen) atoms. The van der Waals surface area contributed by atoms with Crippen LogP contribution in [-0.4, -0.2) is 28.9 Å². The molecule has 0 unspecified atom stereocenters. The van der Waals surface area contributed by atoms with Crippen LogP contribution >= 0.6 is 0 Å². The molecule has 0 aliphatic rings. The minimum Gasteiger partial charge on any atom is -0.424 e. The van der Waals surface area contributed by atoms with E-state index < -0.39 is 7.12 Å². The Morgan fingerprint density at radius 2 is 2.00 bits per heavy atom. The van der Waals surface area contributed by atoms with Crippen molar-refractivity contribution in [2.45, 2.75) is 6.42 Å². The van der Waals surface area contributed by atoms with E-state index in [9.17, 15) is 0 Å². The Balaban J connectivity index is 3.07.